The maximum absolute atomic E-state index is 12.6. The standard InChI is InChI=1S/C16H16F3N3O3/c1-10-9-14(21-25-10)20-15(24)7-8-22(11(2)23)13-5-3-12(4-6-13)16(17,18)19/h3-6,9H,7-8H2,1-2H3,(H,20,21,24). The number of hydrogen-bond donors (Lipinski definition) is 1. The first-order chi connectivity index (χ1) is 11.7. The van der Waals surface area contributed by atoms with E-state index in [2.05, 4.69) is 10.5 Å². The molecule has 2 amide bonds. The van der Waals surface area contributed by atoms with E-state index in [1.54, 1.807) is 6.92 Å². The van der Waals surface area contributed by atoms with Gasteiger partial charge in [0.1, 0.15) is 5.76 Å². The van der Waals surface area contributed by atoms with Crippen molar-refractivity contribution in [3.8, 4) is 0 Å². The minimum absolute atomic E-state index is 0.0172. The zero-order chi connectivity index (χ0) is 18.6. The summed E-state index contributed by atoms with van der Waals surface area (Å²) in [5.74, 6) is 0.00752. The molecule has 0 aliphatic carbocycles. The number of anilines is 2. The molecule has 0 bridgehead atoms. The second-order valence-electron chi connectivity index (χ2n) is 5.34. The fourth-order valence-electron chi connectivity index (χ4n) is 2.14. The van der Waals surface area contributed by atoms with Gasteiger partial charge in [0.2, 0.25) is 11.8 Å². The molecule has 134 valence electrons. The average Bonchev–Trinajstić information content (AvgIpc) is 2.91. The van der Waals surface area contributed by atoms with E-state index in [9.17, 15) is 22.8 Å². The molecule has 9 heteroatoms. The van der Waals surface area contributed by atoms with Gasteiger partial charge in [0.15, 0.2) is 5.82 Å². The number of alkyl halides is 3. The molecule has 1 heterocycles. The van der Waals surface area contributed by atoms with Crippen molar-refractivity contribution in [1.29, 1.82) is 0 Å². The maximum atomic E-state index is 12.6. The first-order valence-electron chi connectivity index (χ1n) is 7.35. The van der Waals surface area contributed by atoms with E-state index in [0.717, 1.165) is 12.1 Å². The van der Waals surface area contributed by atoms with Gasteiger partial charge in [0.05, 0.1) is 5.56 Å². The summed E-state index contributed by atoms with van der Waals surface area (Å²) in [6.45, 7) is 2.96. The van der Waals surface area contributed by atoms with E-state index < -0.39 is 17.6 Å². The van der Waals surface area contributed by atoms with E-state index >= 15 is 0 Å². The van der Waals surface area contributed by atoms with Crippen LogP contribution in [0.5, 0.6) is 0 Å². The number of carbonyl (C=O) groups is 2. The third-order valence-electron chi connectivity index (χ3n) is 3.34. The molecule has 0 atom stereocenters. The fourth-order valence-corrected chi connectivity index (χ4v) is 2.14. The van der Waals surface area contributed by atoms with Crippen molar-refractivity contribution < 1.29 is 27.3 Å². The highest BCUT2D eigenvalue weighted by Crippen LogP contribution is 2.30. The van der Waals surface area contributed by atoms with Gasteiger partial charge in [-0.2, -0.15) is 13.2 Å². The molecule has 1 N–H and O–H groups in total. The number of aryl methyl sites for hydroxylation is 1. The number of amides is 2. The normalized spacial score (nSPS) is 11.2. The van der Waals surface area contributed by atoms with Crippen molar-refractivity contribution in [2.45, 2.75) is 26.4 Å². The third kappa shape index (κ3) is 5.07. The van der Waals surface area contributed by atoms with Crippen LogP contribution in [0.25, 0.3) is 0 Å². The van der Waals surface area contributed by atoms with Crippen LogP contribution in [0.3, 0.4) is 0 Å². The second-order valence-corrected chi connectivity index (χ2v) is 5.34. The molecule has 0 saturated heterocycles. The van der Waals surface area contributed by atoms with Crippen LogP contribution >= 0.6 is 0 Å². The van der Waals surface area contributed by atoms with E-state index in [0.29, 0.717) is 5.76 Å². The van der Waals surface area contributed by atoms with Crippen molar-refractivity contribution in [3.63, 3.8) is 0 Å². The van der Waals surface area contributed by atoms with Crippen LogP contribution in [0.4, 0.5) is 24.7 Å². The Hall–Kier alpha value is -2.84. The molecule has 0 aliphatic rings. The number of rotatable bonds is 5. The Labute approximate surface area is 141 Å². The van der Waals surface area contributed by atoms with Gasteiger partial charge in [-0.15, -0.1) is 0 Å². The first-order valence-corrected chi connectivity index (χ1v) is 7.35. The molecule has 0 fully saturated rings. The summed E-state index contributed by atoms with van der Waals surface area (Å²) in [5.41, 5.74) is -0.524. The van der Waals surface area contributed by atoms with E-state index in [1.807, 2.05) is 0 Å². The van der Waals surface area contributed by atoms with Gasteiger partial charge in [0, 0.05) is 31.6 Å². The van der Waals surface area contributed by atoms with E-state index in [-0.39, 0.29) is 30.4 Å². The lowest BCUT2D eigenvalue weighted by molar-refractivity contribution is -0.137. The maximum Gasteiger partial charge on any atom is 0.416 e. The molecule has 25 heavy (non-hydrogen) atoms. The molecule has 2 rings (SSSR count). The SMILES string of the molecule is CC(=O)N(CCC(=O)Nc1cc(C)on1)c1ccc(C(F)(F)F)cc1. The Bertz CT molecular complexity index is 754. The number of aromatic nitrogens is 1. The van der Waals surface area contributed by atoms with Crippen molar-refractivity contribution in [3.05, 3.63) is 41.7 Å². The molecule has 0 radical (unpaired) electrons. The minimum Gasteiger partial charge on any atom is -0.360 e. The summed E-state index contributed by atoms with van der Waals surface area (Å²) in [5, 5.41) is 6.12. The Morgan fingerprint density at radius 1 is 1.24 bits per heavy atom. The van der Waals surface area contributed by atoms with Crippen molar-refractivity contribution in [1.82, 2.24) is 5.16 Å². The monoisotopic (exact) mass is 355 g/mol. The van der Waals surface area contributed by atoms with Crippen LogP contribution in [-0.2, 0) is 15.8 Å². The molecule has 2 aromatic rings. The lowest BCUT2D eigenvalue weighted by Crippen LogP contribution is -2.32. The molecule has 1 aromatic carbocycles. The number of halogens is 3. The largest absolute Gasteiger partial charge is 0.416 e. The van der Waals surface area contributed by atoms with Crippen molar-refractivity contribution in [2.24, 2.45) is 0 Å². The molecule has 6 nitrogen and oxygen atoms in total. The smallest absolute Gasteiger partial charge is 0.360 e. The predicted molar refractivity (Wildman–Crippen MR) is 84.0 cm³/mol. The fraction of sp³-hybridized carbons (Fsp3) is 0.312. The van der Waals surface area contributed by atoms with Crippen LogP contribution in [0.1, 0.15) is 24.7 Å². The quantitative estimate of drug-likeness (QED) is 0.892. The Morgan fingerprint density at radius 3 is 2.36 bits per heavy atom. The summed E-state index contributed by atoms with van der Waals surface area (Å²) in [6.07, 6.45) is -4.50. The van der Waals surface area contributed by atoms with Gasteiger partial charge in [0.25, 0.3) is 0 Å². The lowest BCUT2D eigenvalue weighted by atomic mass is 10.2. The summed E-state index contributed by atoms with van der Waals surface area (Å²) in [6, 6.07) is 5.72. The zero-order valence-corrected chi connectivity index (χ0v) is 13.6. The highest BCUT2D eigenvalue weighted by Gasteiger charge is 2.30. The summed E-state index contributed by atoms with van der Waals surface area (Å²) in [7, 11) is 0. The predicted octanol–water partition coefficient (Wildman–Crippen LogP) is 3.38. The molecule has 0 aliphatic heterocycles. The van der Waals surface area contributed by atoms with E-state index in [4.69, 9.17) is 4.52 Å². The summed E-state index contributed by atoms with van der Waals surface area (Å²) in [4.78, 5) is 24.9. The Kier molecular flexibility index (Phi) is 5.45. The topological polar surface area (TPSA) is 75.4 Å². The van der Waals surface area contributed by atoms with Crippen LogP contribution in [-0.4, -0.2) is 23.5 Å². The average molecular weight is 355 g/mol. The number of nitrogens with one attached hydrogen (secondary N) is 1. The number of nitrogens with zero attached hydrogens (tertiary/aromatic N) is 2. The van der Waals surface area contributed by atoms with Crippen LogP contribution in [0.15, 0.2) is 34.9 Å². The van der Waals surface area contributed by atoms with Crippen LogP contribution < -0.4 is 10.2 Å². The van der Waals surface area contributed by atoms with Gasteiger partial charge in [-0.25, -0.2) is 0 Å². The van der Waals surface area contributed by atoms with Gasteiger partial charge < -0.3 is 14.7 Å². The van der Waals surface area contributed by atoms with Gasteiger partial charge in [-0.1, -0.05) is 5.16 Å². The number of carbonyl (C=O) groups excluding carboxylic acids is 2. The molecular weight excluding hydrogens is 339 g/mol. The number of hydrogen-bond acceptors (Lipinski definition) is 4. The molecule has 0 spiro atoms. The zero-order valence-electron chi connectivity index (χ0n) is 13.6. The molecular formula is C16H16F3N3O3. The van der Waals surface area contributed by atoms with Gasteiger partial charge >= 0.3 is 6.18 Å². The highest BCUT2D eigenvalue weighted by molar-refractivity contribution is 5.94. The van der Waals surface area contributed by atoms with Crippen LogP contribution in [0, 0.1) is 6.92 Å². The summed E-state index contributed by atoms with van der Waals surface area (Å²) >= 11 is 0. The van der Waals surface area contributed by atoms with Crippen molar-refractivity contribution >= 4 is 23.3 Å². The minimum atomic E-state index is -4.45. The third-order valence-corrected chi connectivity index (χ3v) is 3.34. The van der Waals surface area contributed by atoms with Crippen LogP contribution in [0.2, 0.25) is 0 Å². The van der Waals surface area contributed by atoms with Gasteiger partial charge in [-0.05, 0) is 31.2 Å². The van der Waals surface area contributed by atoms with Crippen molar-refractivity contribution in [2.75, 3.05) is 16.8 Å². The lowest BCUT2D eigenvalue weighted by Gasteiger charge is -2.21. The molecule has 1 aromatic heterocycles. The first kappa shape index (κ1) is 18.5. The van der Waals surface area contributed by atoms with Gasteiger partial charge in [-0.3, -0.25) is 9.59 Å². The second kappa shape index (κ2) is 7.37. The van der Waals surface area contributed by atoms with E-state index in [1.165, 1.54) is 30.0 Å². The number of benzene rings is 1. The summed E-state index contributed by atoms with van der Waals surface area (Å²) < 4.78 is 42.6. The Morgan fingerprint density at radius 2 is 1.88 bits per heavy atom. The highest BCUT2D eigenvalue weighted by atomic mass is 19.4. The molecule has 0 saturated carbocycles. The Balaban J connectivity index is 2.01. The molecule has 0 unspecified atom stereocenters.